The molecule has 0 aliphatic carbocycles. The molecule has 0 unspecified atom stereocenters. The maximum absolute atomic E-state index is 11.8. The number of aromatic nitrogens is 1. The summed E-state index contributed by atoms with van der Waals surface area (Å²) in [6.45, 7) is 2.28. The van der Waals surface area contributed by atoms with Crippen LogP contribution < -0.4 is 5.32 Å². The molecule has 0 saturated carbocycles. The topological polar surface area (TPSA) is 88.5 Å². The van der Waals surface area contributed by atoms with Crippen LogP contribution in [0.5, 0.6) is 0 Å². The van der Waals surface area contributed by atoms with Crippen LogP contribution in [0.4, 0.5) is 0 Å². The molecule has 0 aliphatic heterocycles. The van der Waals surface area contributed by atoms with Crippen molar-refractivity contribution in [3.63, 3.8) is 0 Å². The van der Waals surface area contributed by atoms with Gasteiger partial charge >= 0.3 is 5.97 Å². The predicted octanol–water partition coefficient (Wildman–Crippen LogP) is 0.498. The van der Waals surface area contributed by atoms with Crippen molar-refractivity contribution in [2.75, 3.05) is 19.8 Å². The molecule has 0 fully saturated rings. The molecule has 0 spiro atoms. The number of amides is 1. The fourth-order valence-electron chi connectivity index (χ4n) is 1.42. The highest BCUT2D eigenvalue weighted by Crippen LogP contribution is 1.99. The summed E-state index contributed by atoms with van der Waals surface area (Å²) in [5, 5.41) is 11.2. The first-order valence-electron chi connectivity index (χ1n) is 6.67. The number of ether oxygens (including phenoxy) is 1. The van der Waals surface area contributed by atoms with Crippen LogP contribution in [-0.2, 0) is 9.53 Å². The third-order valence-electron chi connectivity index (χ3n) is 2.39. The lowest BCUT2D eigenvalue weighted by atomic mass is 10.2. The van der Waals surface area contributed by atoms with Crippen molar-refractivity contribution in [2.24, 2.45) is 0 Å². The average molecular weight is 290 g/mol. The number of aliphatic hydroxyl groups excluding tert-OH is 1. The Kier molecular flexibility index (Phi) is 7.54. The fourth-order valence-corrected chi connectivity index (χ4v) is 1.42. The quantitative estimate of drug-likeness (QED) is 0.588. The van der Waals surface area contributed by atoms with Crippen molar-refractivity contribution < 1.29 is 19.4 Å². The number of nitrogens with zero attached hydrogens (tertiary/aromatic N) is 1. The summed E-state index contributed by atoms with van der Waals surface area (Å²) >= 11 is 0. The van der Waals surface area contributed by atoms with Gasteiger partial charge in [0.1, 0.15) is 5.69 Å². The van der Waals surface area contributed by atoms with Crippen molar-refractivity contribution in [3.8, 4) is 11.8 Å². The molecular weight excluding hydrogens is 272 g/mol. The Labute approximate surface area is 123 Å². The summed E-state index contributed by atoms with van der Waals surface area (Å²) in [6.07, 6.45) is 2.02. The predicted molar refractivity (Wildman–Crippen MR) is 76.4 cm³/mol. The number of carbonyl (C=O) groups excluding carboxylic acids is 2. The summed E-state index contributed by atoms with van der Waals surface area (Å²) in [7, 11) is 0. The number of aliphatic hydroxyl groups is 1. The van der Waals surface area contributed by atoms with Crippen molar-refractivity contribution in [3.05, 3.63) is 29.6 Å². The van der Waals surface area contributed by atoms with E-state index in [0.717, 1.165) is 0 Å². The van der Waals surface area contributed by atoms with Gasteiger partial charge in [0, 0.05) is 24.7 Å². The summed E-state index contributed by atoms with van der Waals surface area (Å²) in [4.78, 5) is 26.9. The minimum atomic E-state index is -0.353. The van der Waals surface area contributed by atoms with E-state index in [0.29, 0.717) is 18.6 Å². The lowest BCUT2D eigenvalue weighted by Crippen LogP contribution is -2.27. The Bertz CT molecular complexity index is 529. The summed E-state index contributed by atoms with van der Waals surface area (Å²) in [6, 6.07) is 3.24. The highest BCUT2D eigenvalue weighted by Gasteiger charge is 2.08. The van der Waals surface area contributed by atoms with Gasteiger partial charge in [0.2, 0.25) is 0 Å². The Hall–Kier alpha value is -2.39. The molecule has 0 atom stereocenters. The molecular formula is C15H18N2O4. The fraction of sp³-hybridized carbons (Fsp3) is 0.400. The number of esters is 1. The SMILES string of the molecule is CCOC(=O)CCNC(=O)c1ccc(C#CCCO)cn1. The second-order valence-corrected chi connectivity index (χ2v) is 4.02. The standard InChI is InChI=1S/C15H18N2O4/c1-2-21-14(19)8-9-16-15(20)13-7-6-12(11-17-13)5-3-4-10-18/h6-7,11,18H,2,4,8-10H2,1H3,(H,16,20). The van der Waals surface area contributed by atoms with Gasteiger partial charge in [-0.05, 0) is 19.1 Å². The second-order valence-electron chi connectivity index (χ2n) is 4.02. The van der Waals surface area contributed by atoms with Crippen LogP contribution in [0.3, 0.4) is 0 Å². The van der Waals surface area contributed by atoms with Gasteiger partial charge < -0.3 is 15.2 Å². The average Bonchev–Trinajstić information content (AvgIpc) is 2.48. The number of hydrogen-bond donors (Lipinski definition) is 2. The van der Waals surface area contributed by atoms with Gasteiger partial charge in [-0.15, -0.1) is 0 Å². The van der Waals surface area contributed by atoms with Crippen molar-refractivity contribution in [2.45, 2.75) is 19.8 Å². The maximum Gasteiger partial charge on any atom is 0.307 e. The van der Waals surface area contributed by atoms with E-state index in [1.54, 1.807) is 19.1 Å². The molecule has 0 saturated heterocycles. The van der Waals surface area contributed by atoms with E-state index in [4.69, 9.17) is 9.84 Å². The molecule has 0 aromatic carbocycles. The maximum atomic E-state index is 11.8. The van der Waals surface area contributed by atoms with E-state index in [-0.39, 0.29) is 37.1 Å². The van der Waals surface area contributed by atoms with Gasteiger partial charge in [0.05, 0.1) is 19.6 Å². The first-order chi connectivity index (χ1) is 10.2. The molecule has 1 amide bonds. The van der Waals surface area contributed by atoms with E-state index in [1.807, 2.05) is 0 Å². The third-order valence-corrected chi connectivity index (χ3v) is 2.39. The van der Waals surface area contributed by atoms with Crippen molar-refractivity contribution in [1.82, 2.24) is 10.3 Å². The first-order valence-corrected chi connectivity index (χ1v) is 6.67. The molecule has 0 radical (unpaired) electrons. The van der Waals surface area contributed by atoms with Crippen molar-refractivity contribution in [1.29, 1.82) is 0 Å². The highest BCUT2D eigenvalue weighted by atomic mass is 16.5. The molecule has 0 bridgehead atoms. The lowest BCUT2D eigenvalue weighted by molar-refractivity contribution is -0.142. The number of rotatable bonds is 6. The number of nitrogens with one attached hydrogen (secondary N) is 1. The van der Waals surface area contributed by atoms with Crippen molar-refractivity contribution >= 4 is 11.9 Å². The van der Waals surface area contributed by atoms with Gasteiger partial charge in [-0.1, -0.05) is 11.8 Å². The van der Waals surface area contributed by atoms with E-state index in [2.05, 4.69) is 22.1 Å². The van der Waals surface area contributed by atoms with E-state index in [9.17, 15) is 9.59 Å². The molecule has 1 rings (SSSR count). The lowest BCUT2D eigenvalue weighted by Gasteiger charge is -2.04. The van der Waals surface area contributed by atoms with Gasteiger partial charge in [0.25, 0.3) is 5.91 Å². The molecule has 0 aliphatic rings. The van der Waals surface area contributed by atoms with Gasteiger partial charge in [-0.2, -0.15) is 0 Å². The van der Waals surface area contributed by atoms with Crippen LogP contribution in [-0.4, -0.2) is 41.7 Å². The third kappa shape index (κ3) is 6.54. The molecule has 1 aromatic heterocycles. The molecule has 6 nitrogen and oxygen atoms in total. The van der Waals surface area contributed by atoms with E-state index in [1.165, 1.54) is 6.20 Å². The zero-order chi connectivity index (χ0) is 15.5. The molecule has 1 aromatic rings. The van der Waals surface area contributed by atoms with E-state index < -0.39 is 0 Å². The van der Waals surface area contributed by atoms with Gasteiger partial charge in [-0.25, -0.2) is 4.98 Å². The Morgan fingerprint density at radius 2 is 2.24 bits per heavy atom. The van der Waals surface area contributed by atoms with Crippen LogP contribution in [0, 0.1) is 11.8 Å². The summed E-state index contributed by atoms with van der Waals surface area (Å²) in [5.74, 6) is 4.89. The van der Waals surface area contributed by atoms with E-state index >= 15 is 0 Å². The molecule has 2 N–H and O–H groups in total. The highest BCUT2D eigenvalue weighted by molar-refractivity contribution is 5.92. The minimum Gasteiger partial charge on any atom is -0.466 e. The first kappa shape index (κ1) is 16.7. The summed E-state index contributed by atoms with van der Waals surface area (Å²) < 4.78 is 4.75. The second kappa shape index (κ2) is 9.50. The van der Waals surface area contributed by atoms with Crippen LogP contribution >= 0.6 is 0 Å². The van der Waals surface area contributed by atoms with Gasteiger partial charge in [-0.3, -0.25) is 9.59 Å². The van der Waals surface area contributed by atoms with Crippen LogP contribution in [0.25, 0.3) is 0 Å². The molecule has 112 valence electrons. The molecule has 6 heteroatoms. The number of pyridine rings is 1. The normalized spacial score (nSPS) is 9.43. The van der Waals surface area contributed by atoms with Crippen LogP contribution in [0.2, 0.25) is 0 Å². The zero-order valence-corrected chi connectivity index (χ0v) is 11.9. The number of carbonyl (C=O) groups is 2. The molecule has 1 heterocycles. The minimum absolute atomic E-state index is 0.0153. The van der Waals surface area contributed by atoms with Crippen LogP contribution in [0.1, 0.15) is 35.8 Å². The monoisotopic (exact) mass is 290 g/mol. The number of hydrogen-bond acceptors (Lipinski definition) is 5. The van der Waals surface area contributed by atoms with Gasteiger partial charge in [0.15, 0.2) is 0 Å². The Morgan fingerprint density at radius 1 is 1.43 bits per heavy atom. The smallest absolute Gasteiger partial charge is 0.307 e. The zero-order valence-electron chi connectivity index (χ0n) is 11.9. The Balaban J connectivity index is 2.45. The largest absolute Gasteiger partial charge is 0.466 e. The Morgan fingerprint density at radius 3 is 2.86 bits per heavy atom. The molecule has 21 heavy (non-hydrogen) atoms. The summed E-state index contributed by atoms with van der Waals surface area (Å²) in [5.41, 5.74) is 0.929. The van der Waals surface area contributed by atoms with Crippen LogP contribution in [0.15, 0.2) is 18.3 Å².